The first-order valence-corrected chi connectivity index (χ1v) is 4.38. The second kappa shape index (κ2) is 2.92. The SMILES string of the molecule is COc1c(O)ccc2c1C(N)CC2. The van der Waals surface area contributed by atoms with Gasteiger partial charge in [0.1, 0.15) is 0 Å². The van der Waals surface area contributed by atoms with Crippen LogP contribution in [0.4, 0.5) is 0 Å². The fraction of sp³-hybridized carbons (Fsp3) is 0.400. The van der Waals surface area contributed by atoms with E-state index in [1.807, 2.05) is 6.07 Å². The van der Waals surface area contributed by atoms with Crippen LogP contribution in [0.25, 0.3) is 0 Å². The average Bonchev–Trinajstić information content (AvgIpc) is 2.49. The summed E-state index contributed by atoms with van der Waals surface area (Å²) < 4.78 is 5.13. The van der Waals surface area contributed by atoms with Crippen LogP contribution in [0.2, 0.25) is 0 Å². The predicted octanol–water partition coefficient (Wildman–Crippen LogP) is 1.35. The van der Waals surface area contributed by atoms with Gasteiger partial charge in [-0.15, -0.1) is 0 Å². The number of hydrogen-bond donors (Lipinski definition) is 2. The topological polar surface area (TPSA) is 55.5 Å². The van der Waals surface area contributed by atoms with Crippen LogP contribution in [0.1, 0.15) is 23.6 Å². The Balaban J connectivity index is 2.60. The minimum atomic E-state index is 0.0112. The minimum Gasteiger partial charge on any atom is -0.504 e. The highest BCUT2D eigenvalue weighted by atomic mass is 16.5. The smallest absolute Gasteiger partial charge is 0.165 e. The third-order valence-corrected chi connectivity index (χ3v) is 2.57. The van der Waals surface area contributed by atoms with E-state index in [0.29, 0.717) is 5.75 Å². The van der Waals surface area contributed by atoms with E-state index in [9.17, 15) is 5.11 Å². The van der Waals surface area contributed by atoms with Gasteiger partial charge in [0.05, 0.1) is 7.11 Å². The van der Waals surface area contributed by atoms with Crippen LogP contribution < -0.4 is 10.5 Å². The number of rotatable bonds is 1. The third kappa shape index (κ3) is 1.16. The van der Waals surface area contributed by atoms with Gasteiger partial charge in [-0.05, 0) is 24.5 Å². The van der Waals surface area contributed by atoms with Gasteiger partial charge < -0.3 is 15.6 Å². The molecule has 1 aliphatic rings. The molecule has 3 nitrogen and oxygen atoms in total. The zero-order valence-electron chi connectivity index (χ0n) is 7.58. The summed E-state index contributed by atoms with van der Waals surface area (Å²) in [6.07, 6.45) is 1.92. The Morgan fingerprint density at radius 2 is 2.31 bits per heavy atom. The summed E-state index contributed by atoms with van der Waals surface area (Å²) in [7, 11) is 1.56. The Morgan fingerprint density at radius 3 is 3.00 bits per heavy atom. The van der Waals surface area contributed by atoms with Crippen molar-refractivity contribution in [2.75, 3.05) is 7.11 Å². The van der Waals surface area contributed by atoms with Gasteiger partial charge in [-0.25, -0.2) is 0 Å². The first-order chi connectivity index (χ1) is 6.24. The van der Waals surface area contributed by atoms with Crippen LogP contribution in [-0.2, 0) is 6.42 Å². The third-order valence-electron chi connectivity index (χ3n) is 2.57. The van der Waals surface area contributed by atoms with E-state index in [-0.39, 0.29) is 11.8 Å². The monoisotopic (exact) mass is 179 g/mol. The number of fused-ring (bicyclic) bond motifs is 1. The molecule has 0 saturated heterocycles. The molecule has 0 fully saturated rings. The molecule has 1 aromatic carbocycles. The summed E-state index contributed by atoms with van der Waals surface area (Å²) in [6, 6.07) is 3.59. The van der Waals surface area contributed by atoms with E-state index >= 15 is 0 Å². The zero-order valence-corrected chi connectivity index (χ0v) is 7.58. The number of aryl methyl sites for hydroxylation is 1. The molecule has 2 rings (SSSR count). The average molecular weight is 179 g/mol. The normalized spacial score (nSPS) is 20.0. The van der Waals surface area contributed by atoms with Gasteiger partial charge in [0, 0.05) is 11.6 Å². The molecule has 0 aromatic heterocycles. The van der Waals surface area contributed by atoms with Crippen LogP contribution >= 0.6 is 0 Å². The number of hydrogen-bond acceptors (Lipinski definition) is 3. The molecular weight excluding hydrogens is 166 g/mol. The number of methoxy groups -OCH3 is 1. The quantitative estimate of drug-likeness (QED) is 0.684. The lowest BCUT2D eigenvalue weighted by atomic mass is 10.1. The predicted molar refractivity (Wildman–Crippen MR) is 49.9 cm³/mol. The minimum absolute atomic E-state index is 0.0112. The van der Waals surface area contributed by atoms with Gasteiger partial charge in [0.15, 0.2) is 11.5 Å². The van der Waals surface area contributed by atoms with Gasteiger partial charge >= 0.3 is 0 Å². The summed E-state index contributed by atoms with van der Waals surface area (Å²) in [5.74, 6) is 0.723. The lowest BCUT2D eigenvalue weighted by molar-refractivity contribution is 0.367. The van der Waals surface area contributed by atoms with Gasteiger partial charge in [0.25, 0.3) is 0 Å². The van der Waals surface area contributed by atoms with Crippen LogP contribution in [0.15, 0.2) is 12.1 Å². The molecule has 3 heteroatoms. The van der Waals surface area contributed by atoms with Crippen molar-refractivity contribution in [3.05, 3.63) is 23.3 Å². The van der Waals surface area contributed by atoms with Gasteiger partial charge in [-0.1, -0.05) is 6.07 Å². The molecule has 0 saturated carbocycles. The molecule has 1 atom stereocenters. The number of aromatic hydroxyl groups is 1. The van der Waals surface area contributed by atoms with E-state index in [1.54, 1.807) is 13.2 Å². The molecule has 1 aliphatic carbocycles. The van der Waals surface area contributed by atoms with E-state index in [1.165, 1.54) is 5.56 Å². The van der Waals surface area contributed by atoms with Crippen molar-refractivity contribution in [1.29, 1.82) is 0 Å². The molecule has 0 amide bonds. The largest absolute Gasteiger partial charge is 0.504 e. The Kier molecular flexibility index (Phi) is 1.88. The Morgan fingerprint density at radius 1 is 1.54 bits per heavy atom. The maximum atomic E-state index is 9.51. The Labute approximate surface area is 77.1 Å². The van der Waals surface area contributed by atoms with Crippen molar-refractivity contribution >= 4 is 0 Å². The summed E-state index contributed by atoms with van der Waals surface area (Å²) in [5.41, 5.74) is 8.07. The van der Waals surface area contributed by atoms with Crippen LogP contribution in [0.5, 0.6) is 11.5 Å². The fourth-order valence-electron chi connectivity index (χ4n) is 1.92. The molecule has 3 N–H and O–H groups in total. The molecule has 13 heavy (non-hydrogen) atoms. The Bertz CT molecular complexity index is 336. The van der Waals surface area contributed by atoms with Gasteiger partial charge in [-0.2, -0.15) is 0 Å². The summed E-state index contributed by atoms with van der Waals surface area (Å²) in [4.78, 5) is 0. The first kappa shape index (κ1) is 8.38. The zero-order chi connectivity index (χ0) is 9.42. The first-order valence-electron chi connectivity index (χ1n) is 4.38. The molecule has 1 aromatic rings. The van der Waals surface area contributed by atoms with Crippen molar-refractivity contribution < 1.29 is 9.84 Å². The highest BCUT2D eigenvalue weighted by Crippen LogP contribution is 2.41. The Hall–Kier alpha value is -1.22. The number of ether oxygens (including phenoxy) is 1. The molecule has 0 heterocycles. The molecule has 0 radical (unpaired) electrons. The van der Waals surface area contributed by atoms with E-state index in [0.717, 1.165) is 18.4 Å². The summed E-state index contributed by atoms with van der Waals surface area (Å²) >= 11 is 0. The second-order valence-electron chi connectivity index (χ2n) is 3.34. The maximum Gasteiger partial charge on any atom is 0.165 e. The van der Waals surface area contributed by atoms with Crippen molar-refractivity contribution in [3.8, 4) is 11.5 Å². The van der Waals surface area contributed by atoms with Gasteiger partial charge in [-0.3, -0.25) is 0 Å². The molecule has 0 aliphatic heterocycles. The second-order valence-corrected chi connectivity index (χ2v) is 3.34. The lowest BCUT2D eigenvalue weighted by Crippen LogP contribution is -2.07. The number of benzene rings is 1. The molecular formula is C10H13NO2. The van der Waals surface area contributed by atoms with E-state index < -0.39 is 0 Å². The standard InChI is InChI=1S/C10H13NO2/c1-13-10-8(12)5-3-6-2-4-7(11)9(6)10/h3,5,7,12H,2,4,11H2,1H3. The molecule has 0 bridgehead atoms. The van der Waals surface area contributed by atoms with Crippen LogP contribution in [-0.4, -0.2) is 12.2 Å². The van der Waals surface area contributed by atoms with E-state index in [2.05, 4.69) is 0 Å². The number of phenolic OH excluding ortho intramolecular Hbond substituents is 1. The van der Waals surface area contributed by atoms with Crippen LogP contribution in [0.3, 0.4) is 0 Å². The molecule has 0 spiro atoms. The molecule has 1 unspecified atom stereocenters. The molecule has 70 valence electrons. The van der Waals surface area contributed by atoms with Gasteiger partial charge in [0.2, 0.25) is 0 Å². The lowest BCUT2D eigenvalue weighted by Gasteiger charge is -2.12. The highest BCUT2D eigenvalue weighted by Gasteiger charge is 2.24. The van der Waals surface area contributed by atoms with Crippen LogP contribution in [0, 0.1) is 0 Å². The highest BCUT2D eigenvalue weighted by molar-refractivity contribution is 5.53. The maximum absolute atomic E-state index is 9.51. The summed E-state index contributed by atoms with van der Waals surface area (Å²) in [5, 5.41) is 9.51. The van der Waals surface area contributed by atoms with Crippen molar-refractivity contribution in [1.82, 2.24) is 0 Å². The van der Waals surface area contributed by atoms with Crippen molar-refractivity contribution in [2.45, 2.75) is 18.9 Å². The van der Waals surface area contributed by atoms with Crippen molar-refractivity contribution in [3.63, 3.8) is 0 Å². The summed E-state index contributed by atoms with van der Waals surface area (Å²) in [6.45, 7) is 0. The number of phenols is 1. The van der Waals surface area contributed by atoms with Crippen molar-refractivity contribution in [2.24, 2.45) is 5.73 Å². The number of nitrogens with two attached hydrogens (primary N) is 1. The fourth-order valence-corrected chi connectivity index (χ4v) is 1.92. The van der Waals surface area contributed by atoms with E-state index in [4.69, 9.17) is 10.5 Å².